The Morgan fingerprint density at radius 1 is 1.44 bits per heavy atom. The number of hydrogen-bond acceptors (Lipinski definition) is 4. The lowest BCUT2D eigenvalue weighted by atomic mass is 10.1. The summed E-state index contributed by atoms with van der Waals surface area (Å²) < 4.78 is 5.33. The van der Waals surface area contributed by atoms with Crippen LogP contribution in [-0.4, -0.2) is 31.0 Å². The maximum Gasteiger partial charge on any atom is 0.152 e. The highest BCUT2D eigenvalue weighted by Gasteiger charge is 2.12. The molecule has 1 N–H and O–H groups in total. The monoisotopic (exact) mass is 250 g/mol. The Balaban J connectivity index is 2.70. The van der Waals surface area contributed by atoms with E-state index in [1.54, 1.807) is 13.3 Å². The van der Waals surface area contributed by atoms with Crippen molar-refractivity contribution < 1.29 is 9.53 Å². The number of aryl methyl sites for hydroxylation is 1. The summed E-state index contributed by atoms with van der Waals surface area (Å²) in [4.78, 5) is 16.1. The number of nitrogens with one attached hydrogen (secondary N) is 1. The number of carbonyl (C=O) groups excluding carboxylic acids is 1. The van der Waals surface area contributed by atoms with Crippen LogP contribution in [0.5, 0.6) is 5.75 Å². The summed E-state index contributed by atoms with van der Waals surface area (Å²) in [5.41, 5.74) is 2.76. The Labute approximate surface area is 109 Å². The first-order valence-electron chi connectivity index (χ1n) is 6.31. The normalized spacial score (nSPS) is 10.4. The van der Waals surface area contributed by atoms with Gasteiger partial charge < -0.3 is 10.1 Å². The molecule has 0 aliphatic carbocycles. The van der Waals surface area contributed by atoms with E-state index in [-0.39, 0.29) is 5.78 Å². The van der Waals surface area contributed by atoms with E-state index in [1.165, 1.54) is 0 Å². The molecular weight excluding hydrogens is 228 g/mol. The minimum absolute atomic E-state index is 0.157. The van der Waals surface area contributed by atoms with E-state index >= 15 is 0 Å². The summed E-state index contributed by atoms with van der Waals surface area (Å²) in [5.74, 6) is 0.985. The molecule has 0 aliphatic heterocycles. The highest BCUT2D eigenvalue weighted by atomic mass is 16.5. The molecule has 0 aliphatic rings. The molecule has 1 aromatic heterocycles. The molecule has 0 amide bonds. The van der Waals surface area contributed by atoms with Crippen LogP contribution in [0.3, 0.4) is 0 Å². The first-order valence-corrected chi connectivity index (χ1v) is 6.31. The number of ketones is 1. The van der Waals surface area contributed by atoms with Gasteiger partial charge in [-0.2, -0.15) is 0 Å². The first kappa shape index (κ1) is 14.6. The van der Waals surface area contributed by atoms with Crippen LogP contribution in [0, 0.1) is 13.8 Å². The van der Waals surface area contributed by atoms with Gasteiger partial charge in [0.2, 0.25) is 0 Å². The maximum absolute atomic E-state index is 11.8. The molecule has 0 saturated carbocycles. The Hall–Kier alpha value is -1.42. The zero-order chi connectivity index (χ0) is 13.5. The van der Waals surface area contributed by atoms with Crippen LogP contribution in [0.4, 0.5) is 0 Å². The van der Waals surface area contributed by atoms with Gasteiger partial charge in [0.15, 0.2) is 5.78 Å². The van der Waals surface area contributed by atoms with Gasteiger partial charge in [-0.05, 0) is 26.8 Å². The molecule has 0 radical (unpaired) electrons. The molecule has 100 valence electrons. The van der Waals surface area contributed by atoms with Gasteiger partial charge in [-0.1, -0.05) is 6.92 Å². The summed E-state index contributed by atoms with van der Waals surface area (Å²) in [5, 5.41) is 3.11. The van der Waals surface area contributed by atoms with Gasteiger partial charge in [0.1, 0.15) is 5.75 Å². The van der Waals surface area contributed by atoms with Crippen LogP contribution in [0.15, 0.2) is 6.20 Å². The average molecular weight is 250 g/mol. The molecule has 0 fully saturated rings. The van der Waals surface area contributed by atoms with Crippen molar-refractivity contribution in [3.05, 3.63) is 23.0 Å². The molecule has 4 nitrogen and oxygen atoms in total. The lowest BCUT2D eigenvalue weighted by Gasteiger charge is -2.11. The van der Waals surface area contributed by atoms with Crippen molar-refractivity contribution in [2.24, 2.45) is 0 Å². The van der Waals surface area contributed by atoms with E-state index in [4.69, 9.17) is 4.74 Å². The Morgan fingerprint density at radius 2 is 2.17 bits per heavy atom. The van der Waals surface area contributed by atoms with Crippen molar-refractivity contribution in [1.29, 1.82) is 0 Å². The van der Waals surface area contributed by atoms with Crippen LogP contribution in [0.1, 0.15) is 30.2 Å². The molecule has 18 heavy (non-hydrogen) atoms. The van der Waals surface area contributed by atoms with Crippen LogP contribution in [0.25, 0.3) is 0 Å². The smallest absolute Gasteiger partial charge is 0.152 e. The van der Waals surface area contributed by atoms with Crippen molar-refractivity contribution in [3.8, 4) is 5.75 Å². The van der Waals surface area contributed by atoms with Gasteiger partial charge in [-0.15, -0.1) is 0 Å². The fourth-order valence-corrected chi connectivity index (χ4v) is 1.90. The number of rotatable bonds is 7. The molecule has 0 saturated heterocycles. The van der Waals surface area contributed by atoms with Crippen LogP contribution in [0.2, 0.25) is 0 Å². The van der Waals surface area contributed by atoms with E-state index in [9.17, 15) is 4.79 Å². The predicted molar refractivity (Wildman–Crippen MR) is 72.1 cm³/mol. The second-order valence-electron chi connectivity index (χ2n) is 4.44. The predicted octanol–water partition coefficient (Wildman–Crippen LogP) is 1.82. The van der Waals surface area contributed by atoms with Gasteiger partial charge >= 0.3 is 0 Å². The topological polar surface area (TPSA) is 51.2 Å². The fourth-order valence-electron chi connectivity index (χ4n) is 1.90. The molecular formula is C14H22N2O2. The summed E-state index contributed by atoms with van der Waals surface area (Å²) in [6, 6.07) is 0. The second-order valence-corrected chi connectivity index (χ2v) is 4.44. The third kappa shape index (κ3) is 3.81. The lowest BCUT2D eigenvalue weighted by Crippen LogP contribution is -2.25. The SMILES string of the molecule is CCCNCC(=O)Cc1ncc(C)c(OC)c1C. The average Bonchev–Trinajstić information content (AvgIpc) is 2.34. The van der Waals surface area contributed by atoms with Crippen molar-refractivity contribution >= 4 is 5.78 Å². The molecule has 0 aromatic carbocycles. The van der Waals surface area contributed by atoms with E-state index in [2.05, 4.69) is 17.2 Å². The highest BCUT2D eigenvalue weighted by molar-refractivity contribution is 5.82. The highest BCUT2D eigenvalue weighted by Crippen LogP contribution is 2.24. The van der Waals surface area contributed by atoms with Crippen molar-refractivity contribution in [3.63, 3.8) is 0 Å². The fraction of sp³-hybridized carbons (Fsp3) is 0.571. The number of Topliss-reactive ketones (excluding diaryl/α,β-unsaturated/α-hetero) is 1. The third-order valence-corrected chi connectivity index (χ3v) is 2.86. The third-order valence-electron chi connectivity index (χ3n) is 2.86. The van der Waals surface area contributed by atoms with Crippen molar-refractivity contribution in [2.75, 3.05) is 20.2 Å². The maximum atomic E-state index is 11.8. The van der Waals surface area contributed by atoms with Gasteiger partial charge in [0.05, 0.1) is 25.8 Å². The van der Waals surface area contributed by atoms with E-state index < -0.39 is 0 Å². The molecule has 0 atom stereocenters. The molecule has 4 heteroatoms. The largest absolute Gasteiger partial charge is 0.496 e. The molecule has 0 spiro atoms. The van der Waals surface area contributed by atoms with E-state index in [1.807, 2.05) is 13.8 Å². The summed E-state index contributed by atoms with van der Waals surface area (Å²) >= 11 is 0. The standard InChI is InChI=1S/C14H22N2O2/c1-5-6-15-9-12(17)7-13-11(3)14(18-4)10(2)8-16-13/h8,15H,5-7,9H2,1-4H3. The molecule has 0 bridgehead atoms. The quantitative estimate of drug-likeness (QED) is 0.750. The number of carbonyl (C=O) groups is 1. The number of nitrogens with zero attached hydrogens (tertiary/aromatic N) is 1. The van der Waals surface area contributed by atoms with E-state index in [0.717, 1.165) is 35.5 Å². The lowest BCUT2D eigenvalue weighted by molar-refractivity contribution is -0.117. The summed E-state index contributed by atoms with van der Waals surface area (Å²) in [6.07, 6.45) is 3.15. The van der Waals surface area contributed by atoms with Crippen molar-refractivity contribution in [1.82, 2.24) is 10.3 Å². The molecule has 0 unspecified atom stereocenters. The summed E-state index contributed by atoms with van der Waals surface area (Å²) in [7, 11) is 1.64. The Bertz CT molecular complexity index is 417. The number of ether oxygens (including phenoxy) is 1. The van der Waals surface area contributed by atoms with Gasteiger partial charge in [-0.3, -0.25) is 9.78 Å². The zero-order valence-corrected chi connectivity index (χ0v) is 11.7. The first-order chi connectivity index (χ1) is 8.60. The van der Waals surface area contributed by atoms with Gasteiger partial charge in [0, 0.05) is 17.3 Å². The minimum atomic E-state index is 0.157. The van der Waals surface area contributed by atoms with Crippen molar-refractivity contribution in [2.45, 2.75) is 33.6 Å². The number of pyridine rings is 1. The summed E-state index contributed by atoms with van der Waals surface area (Å²) in [6.45, 7) is 7.25. The minimum Gasteiger partial charge on any atom is -0.496 e. The zero-order valence-electron chi connectivity index (χ0n) is 11.7. The van der Waals surface area contributed by atoms with Crippen LogP contribution >= 0.6 is 0 Å². The van der Waals surface area contributed by atoms with Crippen LogP contribution < -0.4 is 10.1 Å². The second kappa shape index (κ2) is 7.11. The Kier molecular flexibility index (Phi) is 5.78. The molecule has 1 heterocycles. The number of aromatic nitrogens is 1. The Morgan fingerprint density at radius 3 is 2.78 bits per heavy atom. The van der Waals surface area contributed by atoms with Gasteiger partial charge in [-0.25, -0.2) is 0 Å². The van der Waals surface area contributed by atoms with E-state index in [0.29, 0.717) is 13.0 Å². The molecule has 1 aromatic rings. The van der Waals surface area contributed by atoms with Gasteiger partial charge in [0.25, 0.3) is 0 Å². The molecule has 1 rings (SSSR count). The van der Waals surface area contributed by atoms with Crippen LogP contribution in [-0.2, 0) is 11.2 Å². The number of hydrogen-bond donors (Lipinski definition) is 1. The number of methoxy groups -OCH3 is 1.